The normalized spacial score (nSPS) is 18.4. The summed E-state index contributed by atoms with van der Waals surface area (Å²) in [6.07, 6.45) is 5.04. The van der Waals surface area contributed by atoms with E-state index in [4.69, 9.17) is 33.0 Å². The standard InChI is InChI=1S/C25H24Cl2N4O2/c26-20-12-17(13-21(27)25(20)33-15-16-4-2-1-3-5-16)22-14-28-24-11-10-23(30-31(22)24)29-18-6-8-19(32)9-7-18/h1-5,10-14,18-19,32H,6-9,15H2,(H,29,30)/t18-,19-. The number of nitrogens with one attached hydrogen (secondary N) is 1. The van der Waals surface area contributed by atoms with E-state index in [2.05, 4.69) is 10.3 Å². The fraction of sp³-hybridized carbons (Fsp3) is 0.280. The van der Waals surface area contributed by atoms with Crippen molar-refractivity contribution >= 4 is 34.7 Å². The second kappa shape index (κ2) is 9.59. The van der Waals surface area contributed by atoms with Crippen molar-refractivity contribution in [2.45, 2.75) is 44.4 Å². The Bertz CT molecular complexity index is 1230. The number of benzene rings is 2. The van der Waals surface area contributed by atoms with Crippen LogP contribution in [0.3, 0.4) is 0 Å². The van der Waals surface area contributed by atoms with Crippen LogP contribution in [-0.4, -0.2) is 31.9 Å². The number of imidazole rings is 1. The molecule has 0 aliphatic heterocycles. The number of halogens is 2. The SMILES string of the molecule is O[C@H]1CC[C@H](Nc2ccc3ncc(-c4cc(Cl)c(OCc5ccccc5)c(Cl)c4)n3n2)CC1. The number of aromatic nitrogens is 3. The lowest BCUT2D eigenvalue weighted by Crippen LogP contribution is -2.28. The fourth-order valence-electron chi connectivity index (χ4n) is 4.15. The quantitative estimate of drug-likeness (QED) is 0.352. The summed E-state index contributed by atoms with van der Waals surface area (Å²) in [5.74, 6) is 1.22. The molecule has 0 saturated heterocycles. The molecule has 8 heteroatoms. The summed E-state index contributed by atoms with van der Waals surface area (Å²) in [4.78, 5) is 4.47. The van der Waals surface area contributed by atoms with Crippen LogP contribution in [0.1, 0.15) is 31.2 Å². The van der Waals surface area contributed by atoms with Crippen molar-refractivity contribution in [2.24, 2.45) is 0 Å². The third-order valence-electron chi connectivity index (χ3n) is 5.93. The molecular formula is C25H24Cl2N4O2. The van der Waals surface area contributed by atoms with Crippen LogP contribution < -0.4 is 10.1 Å². The Labute approximate surface area is 202 Å². The number of rotatable bonds is 6. The Hall–Kier alpha value is -2.80. The van der Waals surface area contributed by atoms with Crippen LogP contribution in [0.5, 0.6) is 5.75 Å². The van der Waals surface area contributed by atoms with Crippen molar-refractivity contribution in [1.29, 1.82) is 0 Å². The second-order valence-electron chi connectivity index (χ2n) is 8.33. The van der Waals surface area contributed by atoms with Gasteiger partial charge in [0.15, 0.2) is 11.4 Å². The van der Waals surface area contributed by atoms with Gasteiger partial charge < -0.3 is 15.2 Å². The van der Waals surface area contributed by atoms with E-state index in [-0.39, 0.29) is 6.10 Å². The minimum absolute atomic E-state index is 0.187. The van der Waals surface area contributed by atoms with E-state index in [1.54, 1.807) is 10.7 Å². The van der Waals surface area contributed by atoms with Crippen LogP contribution in [-0.2, 0) is 6.61 Å². The topological polar surface area (TPSA) is 71.7 Å². The van der Waals surface area contributed by atoms with Gasteiger partial charge in [-0.05, 0) is 55.5 Å². The lowest BCUT2D eigenvalue weighted by molar-refractivity contribution is 0.126. The summed E-state index contributed by atoms with van der Waals surface area (Å²) in [6, 6.07) is 17.7. The molecule has 2 heterocycles. The zero-order chi connectivity index (χ0) is 22.8. The van der Waals surface area contributed by atoms with Gasteiger partial charge in [0.25, 0.3) is 0 Å². The maximum Gasteiger partial charge on any atom is 0.157 e. The molecule has 2 N–H and O–H groups in total. The van der Waals surface area contributed by atoms with Crippen LogP contribution in [0.25, 0.3) is 16.9 Å². The van der Waals surface area contributed by atoms with Gasteiger partial charge in [0, 0.05) is 11.6 Å². The monoisotopic (exact) mass is 482 g/mol. The van der Waals surface area contributed by atoms with Gasteiger partial charge in [0.05, 0.1) is 28.0 Å². The Morgan fingerprint density at radius 1 is 1.00 bits per heavy atom. The predicted molar refractivity (Wildman–Crippen MR) is 131 cm³/mol. The molecule has 2 aromatic heterocycles. The number of nitrogens with zero attached hydrogens (tertiary/aromatic N) is 3. The molecule has 1 fully saturated rings. The molecule has 0 radical (unpaired) electrons. The Balaban J connectivity index is 1.39. The van der Waals surface area contributed by atoms with E-state index in [9.17, 15) is 5.11 Å². The first kappa shape index (κ1) is 22.0. The first-order valence-electron chi connectivity index (χ1n) is 11.0. The Morgan fingerprint density at radius 3 is 2.45 bits per heavy atom. The van der Waals surface area contributed by atoms with Gasteiger partial charge in [-0.1, -0.05) is 53.5 Å². The molecule has 6 nitrogen and oxygen atoms in total. The van der Waals surface area contributed by atoms with Gasteiger partial charge in [0.1, 0.15) is 12.4 Å². The molecule has 5 rings (SSSR count). The number of hydrogen-bond donors (Lipinski definition) is 2. The molecule has 4 aromatic rings. The molecule has 0 spiro atoms. The molecule has 0 unspecified atom stereocenters. The summed E-state index contributed by atoms with van der Waals surface area (Å²) in [5, 5.41) is 18.8. The average Bonchev–Trinajstić information content (AvgIpc) is 3.24. The number of hydrogen-bond acceptors (Lipinski definition) is 5. The minimum Gasteiger partial charge on any atom is -0.486 e. The lowest BCUT2D eigenvalue weighted by atomic mass is 9.93. The highest BCUT2D eigenvalue weighted by Crippen LogP contribution is 2.38. The molecule has 1 aliphatic carbocycles. The molecule has 1 saturated carbocycles. The number of fused-ring (bicyclic) bond motifs is 1. The van der Waals surface area contributed by atoms with Gasteiger partial charge in [-0.2, -0.15) is 0 Å². The third-order valence-corrected chi connectivity index (χ3v) is 6.49. The van der Waals surface area contributed by atoms with Crippen LogP contribution in [0.2, 0.25) is 10.0 Å². The van der Waals surface area contributed by atoms with Crippen LogP contribution in [0, 0.1) is 0 Å². The van der Waals surface area contributed by atoms with Gasteiger partial charge in [0.2, 0.25) is 0 Å². The summed E-state index contributed by atoms with van der Waals surface area (Å²) in [5.41, 5.74) is 3.35. The maximum absolute atomic E-state index is 9.74. The highest BCUT2D eigenvalue weighted by Gasteiger charge is 2.20. The number of anilines is 1. The molecule has 33 heavy (non-hydrogen) atoms. The minimum atomic E-state index is -0.187. The van der Waals surface area contributed by atoms with Gasteiger partial charge in [-0.15, -0.1) is 5.10 Å². The van der Waals surface area contributed by atoms with Crippen LogP contribution >= 0.6 is 23.2 Å². The van der Waals surface area contributed by atoms with Gasteiger partial charge in [-0.25, -0.2) is 9.50 Å². The van der Waals surface area contributed by atoms with Crippen molar-refractivity contribution in [3.8, 4) is 17.0 Å². The van der Waals surface area contributed by atoms with Crippen molar-refractivity contribution in [2.75, 3.05) is 5.32 Å². The Morgan fingerprint density at radius 2 is 1.73 bits per heavy atom. The second-order valence-corrected chi connectivity index (χ2v) is 9.14. The van der Waals surface area contributed by atoms with E-state index >= 15 is 0 Å². The van der Waals surface area contributed by atoms with E-state index in [0.717, 1.165) is 54.0 Å². The predicted octanol–water partition coefficient (Wildman–Crippen LogP) is 6.00. The number of aliphatic hydroxyl groups excluding tert-OH is 1. The lowest BCUT2D eigenvalue weighted by Gasteiger charge is -2.26. The summed E-state index contributed by atoms with van der Waals surface area (Å²) < 4.78 is 7.68. The molecular weight excluding hydrogens is 459 g/mol. The molecule has 0 atom stereocenters. The van der Waals surface area contributed by atoms with Crippen LogP contribution in [0.4, 0.5) is 5.82 Å². The van der Waals surface area contributed by atoms with E-state index in [1.165, 1.54) is 0 Å². The van der Waals surface area contributed by atoms with Crippen molar-refractivity contribution in [3.05, 3.63) is 76.4 Å². The van der Waals surface area contributed by atoms with E-state index in [1.807, 2.05) is 54.6 Å². The highest BCUT2D eigenvalue weighted by atomic mass is 35.5. The fourth-order valence-corrected chi connectivity index (χ4v) is 4.75. The van der Waals surface area contributed by atoms with E-state index in [0.29, 0.717) is 28.4 Å². The van der Waals surface area contributed by atoms with Crippen molar-refractivity contribution in [3.63, 3.8) is 0 Å². The molecule has 170 valence electrons. The van der Waals surface area contributed by atoms with E-state index < -0.39 is 0 Å². The smallest absolute Gasteiger partial charge is 0.157 e. The summed E-state index contributed by atoms with van der Waals surface area (Å²) >= 11 is 13.1. The summed E-state index contributed by atoms with van der Waals surface area (Å²) in [6.45, 7) is 0.379. The Kier molecular flexibility index (Phi) is 6.40. The number of ether oxygens (including phenoxy) is 1. The highest BCUT2D eigenvalue weighted by molar-refractivity contribution is 6.37. The molecule has 0 amide bonds. The first-order valence-corrected chi connectivity index (χ1v) is 11.8. The summed E-state index contributed by atoms with van der Waals surface area (Å²) in [7, 11) is 0. The van der Waals surface area contributed by atoms with Gasteiger partial charge >= 0.3 is 0 Å². The zero-order valence-electron chi connectivity index (χ0n) is 17.9. The number of aliphatic hydroxyl groups is 1. The third kappa shape index (κ3) is 4.93. The van der Waals surface area contributed by atoms with Crippen molar-refractivity contribution < 1.29 is 9.84 Å². The van der Waals surface area contributed by atoms with Gasteiger partial charge in [-0.3, -0.25) is 0 Å². The maximum atomic E-state index is 9.74. The molecule has 0 bridgehead atoms. The molecule has 1 aliphatic rings. The zero-order valence-corrected chi connectivity index (χ0v) is 19.4. The molecule has 2 aromatic carbocycles. The first-order chi connectivity index (χ1) is 16.1. The van der Waals surface area contributed by atoms with Crippen LogP contribution in [0.15, 0.2) is 60.8 Å². The van der Waals surface area contributed by atoms with Crippen molar-refractivity contribution in [1.82, 2.24) is 14.6 Å². The largest absolute Gasteiger partial charge is 0.486 e. The average molecular weight is 483 g/mol.